The van der Waals surface area contributed by atoms with Gasteiger partial charge >= 0.3 is 5.97 Å². The zero-order valence-electron chi connectivity index (χ0n) is 10.8. The summed E-state index contributed by atoms with van der Waals surface area (Å²) in [5.74, 6) is -0.795. The Kier molecular flexibility index (Phi) is 6.10. The van der Waals surface area contributed by atoms with E-state index in [1.54, 1.807) is 0 Å². The fraction of sp³-hybridized carbons (Fsp3) is 0.846. The molecule has 92 valence electrons. The van der Waals surface area contributed by atoms with Crippen LogP contribution in [0.4, 0.5) is 0 Å². The number of carboxylic acid groups (broad SMARTS) is 1. The summed E-state index contributed by atoms with van der Waals surface area (Å²) in [7, 11) is 0. The van der Waals surface area contributed by atoms with Crippen molar-refractivity contribution in [2.75, 3.05) is 0 Å². The highest BCUT2D eigenvalue weighted by Gasteiger charge is 2.25. The van der Waals surface area contributed by atoms with Crippen LogP contribution < -0.4 is 0 Å². The standard InChI is InChI=1S/C13H23NO2/c1-10(2)11(12(15)16)6-8-13(3,4)7-5-9-14/h10-11H,5-8H2,1-4H3,(H,15,16). The van der Waals surface area contributed by atoms with Gasteiger partial charge in [0.05, 0.1) is 12.0 Å². The van der Waals surface area contributed by atoms with E-state index in [-0.39, 0.29) is 17.3 Å². The average molecular weight is 225 g/mol. The van der Waals surface area contributed by atoms with Crippen molar-refractivity contribution in [1.82, 2.24) is 0 Å². The summed E-state index contributed by atoms with van der Waals surface area (Å²) in [4.78, 5) is 11.0. The maximum absolute atomic E-state index is 11.0. The first-order valence-corrected chi connectivity index (χ1v) is 5.90. The summed E-state index contributed by atoms with van der Waals surface area (Å²) in [5, 5.41) is 17.6. The molecule has 0 aromatic rings. The summed E-state index contributed by atoms with van der Waals surface area (Å²) in [6.07, 6.45) is 2.95. The lowest BCUT2D eigenvalue weighted by Crippen LogP contribution is -2.22. The van der Waals surface area contributed by atoms with Crippen molar-refractivity contribution < 1.29 is 9.90 Å². The lowest BCUT2D eigenvalue weighted by atomic mass is 9.79. The summed E-state index contributed by atoms with van der Waals surface area (Å²) in [6, 6.07) is 2.14. The molecule has 0 aliphatic carbocycles. The first-order valence-electron chi connectivity index (χ1n) is 5.90. The van der Waals surface area contributed by atoms with E-state index in [0.717, 1.165) is 12.8 Å². The van der Waals surface area contributed by atoms with Crippen LogP contribution in [0, 0.1) is 28.6 Å². The van der Waals surface area contributed by atoms with E-state index < -0.39 is 5.97 Å². The Bertz CT molecular complexity index is 264. The Morgan fingerprint density at radius 2 is 1.94 bits per heavy atom. The molecule has 3 nitrogen and oxygen atoms in total. The van der Waals surface area contributed by atoms with Gasteiger partial charge < -0.3 is 5.11 Å². The molecule has 0 bridgehead atoms. The zero-order valence-corrected chi connectivity index (χ0v) is 10.8. The van der Waals surface area contributed by atoms with Gasteiger partial charge in [0.1, 0.15) is 0 Å². The first-order chi connectivity index (χ1) is 7.30. The fourth-order valence-corrected chi connectivity index (χ4v) is 1.81. The monoisotopic (exact) mass is 225 g/mol. The van der Waals surface area contributed by atoms with Crippen molar-refractivity contribution in [3.05, 3.63) is 0 Å². The number of hydrogen-bond donors (Lipinski definition) is 1. The van der Waals surface area contributed by atoms with Gasteiger partial charge in [-0.05, 0) is 30.6 Å². The second kappa shape index (κ2) is 6.52. The van der Waals surface area contributed by atoms with E-state index in [1.807, 2.05) is 13.8 Å². The Balaban J connectivity index is 4.20. The van der Waals surface area contributed by atoms with Crippen molar-refractivity contribution in [2.24, 2.45) is 17.3 Å². The molecule has 0 saturated carbocycles. The molecule has 0 heterocycles. The highest BCUT2D eigenvalue weighted by Crippen LogP contribution is 2.31. The van der Waals surface area contributed by atoms with Crippen LogP contribution in [0.5, 0.6) is 0 Å². The minimum absolute atomic E-state index is 0.0678. The van der Waals surface area contributed by atoms with Crippen LogP contribution in [0.3, 0.4) is 0 Å². The third-order valence-electron chi connectivity index (χ3n) is 3.17. The molecule has 1 N–H and O–H groups in total. The maximum atomic E-state index is 11.0. The molecule has 3 heteroatoms. The molecule has 0 aliphatic rings. The minimum atomic E-state index is -0.703. The van der Waals surface area contributed by atoms with Crippen LogP contribution in [-0.2, 0) is 4.79 Å². The predicted octanol–water partition coefficient (Wildman–Crippen LogP) is 3.45. The largest absolute Gasteiger partial charge is 0.481 e. The molecule has 16 heavy (non-hydrogen) atoms. The Morgan fingerprint density at radius 1 is 1.38 bits per heavy atom. The average Bonchev–Trinajstić information content (AvgIpc) is 2.13. The van der Waals surface area contributed by atoms with Crippen LogP contribution in [-0.4, -0.2) is 11.1 Å². The van der Waals surface area contributed by atoms with E-state index in [9.17, 15) is 4.79 Å². The van der Waals surface area contributed by atoms with Crippen molar-refractivity contribution in [1.29, 1.82) is 5.26 Å². The van der Waals surface area contributed by atoms with Crippen molar-refractivity contribution >= 4 is 5.97 Å². The first kappa shape index (κ1) is 15.0. The zero-order chi connectivity index (χ0) is 12.8. The highest BCUT2D eigenvalue weighted by molar-refractivity contribution is 5.70. The topological polar surface area (TPSA) is 61.1 Å². The number of nitrogens with zero attached hydrogens (tertiary/aromatic N) is 1. The second-order valence-electron chi connectivity index (χ2n) is 5.55. The van der Waals surface area contributed by atoms with E-state index in [0.29, 0.717) is 12.8 Å². The van der Waals surface area contributed by atoms with Gasteiger partial charge in [0.25, 0.3) is 0 Å². The van der Waals surface area contributed by atoms with Gasteiger partial charge in [-0.25, -0.2) is 0 Å². The number of hydrogen-bond acceptors (Lipinski definition) is 2. The molecule has 0 aliphatic heterocycles. The molecular formula is C13H23NO2. The van der Waals surface area contributed by atoms with E-state index in [2.05, 4.69) is 19.9 Å². The quantitative estimate of drug-likeness (QED) is 0.721. The molecule has 0 spiro atoms. The smallest absolute Gasteiger partial charge is 0.306 e. The SMILES string of the molecule is CC(C)C(CCC(C)(C)CCC#N)C(=O)O. The third-order valence-corrected chi connectivity index (χ3v) is 3.17. The van der Waals surface area contributed by atoms with Gasteiger partial charge in [-0.1, -0.05) is 27.7 Å². The number of rotatable bonds is 7. The molecule has 0 aromatic carbocycles. The Labute approximate surface area is 98.5 Å². The van der Waals surface area contributed by atoms with Gasteiger partial charge in [-0.2, -0.15) is 5.26 Å². The molecule has 1 unspecified atom stereocenters. The molecule has 0 saturated heterocycles. The van der Waals surface area contributed by atoms with Crippen molar-refractivity contribution in [3.63, 3.8) is 0 Å². The summed E-state index contributed by atoms with van der Waals surface area (Å²) in [5.41, 5.74) is 0.0678. The number of carboxylic acids is 1. The lowest BCUT2D eigenvalue weighted by Gasteiger charge is -2.26. The predicted molar refractivity (Wildman–Crippen MR) is 63.8 cm³/mol. The molecule has 0 amide bonds. The summed E-state index contributed by atoms with van der Waals surface area (Å²) in [6.45, 7) is 8.09. The molecule has 1 atom stereocenters. The normalized spacial score (nSPS) is 13.5. The molecular weight excluding hydrogens is 202 g/mol. The van der Waals surface area contributed by atoms with Gasteiger partial charge in [-0.15, -0.1) is 0 Å². The van der Waals surface area contributed by atoms with Crippen LogP contribution in [0.25, 0.3) is 0 Å². The molecule has 0 fully saturated rings. The molecule has 0 aromatic heterocycles. The molecule has 0 radical (unpaired) electrons. The summed E-state index contributed by atoms with van der Waals surface area (Å²) >= 11 is 0. The second-order valence-corrected chi connectivity index (χ2v) is 5.55. The van der Waals surface area contributed by atoms with Crippen LogP contribution in [0.2, 0.25) is 0 Å². The van der Waals surface area contributed by atoms with Crippen molar-refractivity contribution in [3.8, 4) is 6.07 Å². The van der Waals surface area contributed by atoms with E-state index >= 15 is 0 Å². The van der Waals surface area contributed by atoms with Gasteiger partial charge in [0, 0.05) is 6.42 Å². The molecule has 0 rings (SSSR count). The minimum Gasteiger partial charge on any atom is -0.481 e. The van der Waals surface area contributed by atoms with Crippen molar-refractivity contribution in [2.45, 2.75) is 53.4 Å². The van der Waals surface area contributed by atoms with E-state index in [4.69, 9.17) is 10.4 Å². The number of nitriles is 1. The number of aliphatic carboxylic acids is 1. The highest BCUT2D eigenvalue weighted by atomic mass is 16.4. The third kappa shape index (κ3) is 5.75. The van der Waals surface area contributed by atoms with Gasteiger partial charge in [-0.3, -0.25) is 4.79 Å². The Morgan fingerprint density at radius 3 is 2.31 bits per heavy atom. The lowest BCUT2D eigenvalue weighted by molar-refractivity contribution is -0.143. The van der Waals surface area contributed by atoms with Gasteiger partial charge in [0.15, 0.2) is 0 Å². The van der Waals surface area contributed by atoms with Gasteiger partial charge in [0.2, 0.25) is 0 Å². The van der Waals surface area contributed by atoms with Crippen LogP contribution in [0.1, 0.15) is 53.4 Å². The maximum Gasteiger partial charge on any atom is 0.306 e. The number of carbonyl (C=O) groups is 1. The summed E-state index contributed by atoms with van der Waals surface area (Å²) < 4.78 is 0. The van der Waals surface area contributed by atoms with Crippen LogP contribution >= 0.6 is 0 Å². The van der Waals surface area contributed by atoms with Crippen LogP contribution in [0.15, 0.2) is 0 Å². The Hall–Kier alpha value is -1.04. The fourth-order valence-electron chi connectivity index (χ4n) is 1.81. The van der Waals surface area contributed by atoms with E-state index in [1.165, 1.54) is 0 Å².